The Morgan fingerprint density at radius 3 is 2.12 bits per heavy atom. The van der Waals surface area contributed by atoms with Gasteiger partial charge < -0.3 is 10.6 Å². The lowest BCUT2D eigenvalue weighted by Gasteiger charge is -2.38. The average molecular weight is 535 g/mol. The highest BCUT2D eigenvalue weighted by molar-refractivity contribution is 6.33. The first-order valence-corrected chi connectivity index (χ1v) is 13.4. The van der Waals surface area contributed by atoms with Gasteiger partial charge in [-0.25, -0.2) is 4.68 Å². The van der Waals surface area contributed by atoms with Gasteiger partial charge in [-0.3, -0.25) is 14.4 Å². The van der Waals surface area contributed by atoms with Gasteiger partial charge >= 0.3 is 0 Å². The second-order valence-electron chi connectivity index (χ2n) is 10.5. The van der Waals surface area contributed by atoms with E-state index in [1.54, 1.807) is 28.9 Å². The topological polar surface area (TPSA) is 93.1 Å². The highest BCUT2D eigenvalue weighted by Gasteiger charge is 2.61. The van der Waals surface area contributed by atoms with E-state index in [-0.39, 0.29) is 28.4 Å². The monoisotopic (exact) mass is 534 g/mol. The second kappa shape index (κ2) is 8.22. The molecule has 0 fully saturated rings. The molecule has 3 aliphatic rings. The van der Waals surface area contributed by atoms with Gasteiger partial charge in [-0.15, -0.1) is 0 Å². The van der Waals surface area contributed by atoms with Crippen molar-refractivity contribution in [1.29, 1.82) is 0 Å². The number of Topliss-reactive ketones (excluding diaryl/α,β-unsaturated/α-hetero) is 2. The number of benzene rings is 4. The van der Waals surface area contributed by atoms with Crippen LogP contribution in [0.25, 0.3) is 16.9 Å². The zero-order valence-electron chi connectivity index (χ0n) is 21.9. The van der Waals surface area contributed by atoms with Crippen LogP contribution in [0.15, 0.2) is 114 Å². The lowest BCUT2D eigenvalue weighted by molar-refractivity contribution is -0.118. The number of ketones is 2. The van der Waals surface area contributed by atoms with E-state index >= 15 is 0 Å². The molecule has 8 rings (SSSR count). The number of allylic oxidation sites excluding steroid dienone is 1. The van der Waals surface area contributed by atoms with E-state index in [1.165, 1.54) is 0 Å². The summed E-state index contributed by atoms with van der Waals surface area (Å²) in [7, 11) is 0. The normalized spacial score (nSPS) is 18.4. The van der Waals surface area contributed by atoms with Crippen LogP contribution in [0.1, 0.15) is 37.5 Å². The number of fused-ring (bicyclic) bond motifs is 6. The Morgan fingerprint density at radius 2 is 1.39 bits per heavy atom. The third kappa shape index (κ3) is 2.97. The van der Waals surface area contributed by atoms with Crippen molar-refractivity contribution >= 4 is 28.8 Å². The molecule has 1 spiro atoms. The van der Waals surface area contributed by atoms with Crippen LogP contribution in [0.5, 0.6) is 0 Å². The van der Waals surface area contributed by atoms with Crippen LogP contribution < -0.4 is 10.6 Å². The van der Waals surface area contributed by atoms with E-state index in [1.807, 2.05) is 85.8 Å². The molecule has 2 aliphatic heterocycles. The molecular weight excluding hydrogens is 512 g/mol. The number of aryl methyl sites for hydroxylation is 1. The van der Waals surface area contributed by atoms with Crippen LogP contribution in [-0.2, 0) is 10.2 Å². The van der Waals surface area contributed by atoms with Crippen molar-refractivity contribution in [1.82, 2.24) is 9.78 Å². The van der Waals surface area contributed by atoms with Crippen LogP contribution in [0.4, 0.5) is 11.4 Å². The average Bonchev–Trinajstić information content (AvgIpc) is 3.52. The minimum absolute atomic E-state index is 0.107. The predicted molar refractivity (Wildman–Crippen MR) is 155 cm³/mol. The summed E-state index contributed by atoms with van der Waals surface area (Å²) >= 11 is 0. The summed E-state index contributed by atoms with van der Waals surface area (Å²) in [5, 5.41) is 11.4. The number of hydrogen-bond donors (Lipinski definition) is 2. The van der Waals surface area contributed by atoms with Gasteiger partial charge in [-0.2, -0.15) is 5.10 Å². The molecule has 7 heteroatoms. The van der Waals surface area contributed by atoms with Crippen LogP contribution in [0.3, 0.4) is 0 Å². The summed E-state index contributed by atoms with van der Waals surface area (Å²) in [5.41, 5.74) is 4.43. The van der Waals surface area contributed by atoms with Crippen molar-refractivity contribution in [3.05, 3.63) is 142 Å². The molecule has 1 aliphatic carbocycles. The van der Waals surface area contributed by atoms with E-state index in [0.717, 1.165) is 16.8 Å². The second-order valence-corrected chi connectivity index (χ2v) is 10.5. The zero-order chi connectivity index (χ0) is 27.9. The maximum absolute atomic E-state index is 14.6. The van der Waals surface area contributed by atoms with Crippen LogP contribution >= 0.6 is 0 Å². The standard InChI is InChI=1S/C34H22N4O3/c1-19-16-17-25-24(18-19)34(33(41)35-25)26-28(31(40)23-15-9-8-14-22(23)30(26)39)36-29-27(20-10-4-2-5-11-20)37-38(32(29)34)21-12-6-3-7-13-21/h2-18,36H,1H3,(H,35,41). The molecule has 1 unspecified atom stereocenters. The van der Waals surface area contributed by atoms with Crippen molar-refractivity contribution in [3.63, 3.8) is 0 Å². The maximum Gasteiger partial charge on any atom is 0.246 e. The van der Waals surface area contributed by atoms with Gasteiger partial charge in [0.1, 0.15) is 5.69 Å². The quantitative estimate of drug-likeness (QED) is 0.297. The summed E-state index contributed by atoms with van der Waals surface area (Å²) in [6, 6.07) is 31.6. The Hall–Kier alpha value is -5.56. The fourth-order valence-corrected chi connectivity index (χ4v) is 6.43. The molecule has 5 aromatic rings. The highest BCUT2D eigenvalue weighted by atomic mass is 16.2. The van der Waals surface area contributed by atoms with Gasteiger partial charge in [0.25, 0.3) is 0 Å². The summed E-state index contributed by atoms with van der Waals surface area (Å²) in [5.74, 6) is -1.09. The molecule has 1 amide bonds. The van der Waals surface area contributed by atoms with Gasteiger partial charge in [0.05, 0.1) is 28.3 Å². The smallest absolute Gasteiger partial charge is 0.246 e. The zero-order valence-corrected chi connectivity index (χ0v) is 21.9. The lowest BCUT2D eigenvalue weighted by atomic mass is 9.64. The first-order chi connectivity index (χ1) is 20.0. The van der Waals surface area contributed by atoms with Crippen molar-refractivity contribution in [2.24, 2.45) is 0 Å². The number of amides is 1. The first kappa shape index (κ1) is 23.3. The van der Waals surface area contributed by atoms with E-state index in [2.05, 4.69) is 10.6 Å². The maximum atomic E-state index is 14.6. The van der Waals surface area contributed by atoms with E-state index in [0.29, 0.717) is 33.9 Å². The number of rotatable bonds is 2. The van der Waals surface area contributed by atoms with Gasteiger partial charge in [0, 0.05) is 27.9 Å². The van der Waals surface area contributed by atoms with E-state index in [9.17, 15) is 14.4 Å². The number of carbonyl (C=O) groups is 3. The summed E-state index contributed by atoms with van der Waals surface area (Å²) in [6.07, 6.45) is 0. The number of nitrogens with zero attached hydrogens (tertiary/aromatic N) is 2. The molecule has 1 aromatic heterocycles. The fourth-order valence-electron chi connectivity index (χ4n) is 6.43. The molecule has 3 heterocycles. The molecule has 2 N–H and O–H groups in total. The molecule has 0 radical (unpaired) electrons. The molecule has 0 saturated carbocycles. The number of hydrogen-bond acceptors (Lipinski definition) is 5. The molecule has 7 nitrogen and oxygen atoms in total. The molecule has 196 valence electrons. The Bertz CT molecular complexity index is 2010. The molecule has 0 bridgehead atoms. The van der Waals surface area contributed by atoms with Crippen LogP contribution in [0.2, 0.25) is 0 Å². The number of anilines is 2. The minimum Gasteiger partial charge on any atom is -0.349 e. The largest absolute Gasteiger partial charge is 0.349 e. The number of carbonyl (C=O) groups excluding carboxylic acids is 3. The van der Waals surface area contributed by atoms with Gasteiger partial charge in [-0.1, -0.05) is 90.5 Å². The van der Waals surface area contributed by atoms with Crippen molar-refractivity contribution in [2.45, 2.75) is 12.3 Å². The first-order valence-electron chi connectivity index (χ1n) is 13.4. The Labute approximate surface area is 235 Å². The molecule has 1 atom stereocenters. The highest BCUT2D eigenvalue weighted by Crippen LogP contribution is 2.57. The predicted octanol–water partition coefficient (Wildman–Crippen LogP) is 5.84. The molecular formula is C34H22N4O3. The Balaban J connectivity index is 1.56. The number of para-hydroxylation sites is 1. The third-order valence-electron chi connectivity index (χ3n) is 8.20. The molecule has 4 aromatic carbocycles. The summed E-state index contributed by atoms with van der Waals surface area (Å²) in [4.78, 5) is 43.2. The number of nitrogens with one attached hydrogen (secondary N) is 2. The van der Waals surface area contributed by atoms with Crippen molar-refractivity contribution in [2.75, 3.05) is 10.6 Å². The van der Waals surface area contributed by atoms with E-state index in [4.69, 9.17) is 5.10 Å². The Morgan fingerprint density at radius 1 is 0.732 bits per heavy atom. The lowest BCUT2D eigenvalue weighted by Crippen LogP contribution is -2.48. The molecule has 0 saturated heterocycles. The van der Waals surface area contributed by atoms with Gasteiger partial charge in [-0.05, 0) is 25.1 Å². The minimum atomic E-state index is -1.63. The summed E-state index contributed by atoms with van der Waals surface area (Å²) < 4.78 is 1.74. The van der Waals surface area contributed by atoms with Crippen molar-refractivity contribution < 1.29 is 14.4 Å². The van der Waals surface area contributed by atoms with Gasteiger partial charge in [0.2, 0.25) is 11.7 Å². The van der Waals surface area contributed by atoms with Crippen molar-refractivity contribution in [3.8, 4) is 16.9 Å². The van der Waals surface area contributed by atoms with Gasteiger partial charge in [0.15, 0.2) is 11.2 Å². The van der Waals surface area contributed by atoms with E-state index < -0.39 is 11.3 Å². The van der Waals surface area contributed by atoms with Crippen LogP contribution in [-0.4, -0.2) is 27.3 Å². The SMILES string of the molecule is Cc1ccc2c(c1)C1(C(=O)N2)C2=C(Nc3c(-c4ccccc4)nn(-c4ccccc4)c31)C(=O)c1ccccc1C2=O. The number of aromatic nitrogens is 2. The molecule has 41 heavy (non-hydrogen) atoms. The third-order valence-corrected chi connectivity index (χ3v) is 8.20. The Kier molecular flexibility index (Phi) is 4.68. The fraction of sp³-hybridized carbons (Fsp3) is 0.0588. The summed E-state index contributed by atoms with van der Waals surface area (Å²) in [6.45, 7) is 1.95. The van der Waals surface area contributed by atoms with Crippen LogP contribution in [0, 0.1) is 6.92 Å².